The van der Waals surface area contributed by atoms with E-state index in [0.29, 0.717) is 17.5 Å². The summed E-state index contributed by atoms with van der Waals surface area (Å²) >= 11 is 0. The monoisotopic (exact) mass is 241 g/mol. The summed E-state index contributed by atoms with van der Waals surface area (Å²) in [7, 11) is -3.20. The van der Waals surface area contributed by atoms with Gasteiger partial charge in [0.2, 0.25) is 0 Å². The Morgan fingerprint density at radius 1 is 1.12 bits per heavy atom. The summed E-state index contributed by atoms with van der Waals surface area (Å²) in [5.41, 5.74) is 0. The van der Waals surface area contributed by atoms with Gasteiger partial charge in [0.05, 0.1) is 10.1 Å². The Bertz CT molecular complexity index is 412. The van der Waals surface area contributed by atoms with Gasteiger partial charge in [-0.05, 0) is 19.1 Å². The molecule has 0 radical (unpaired) electrons. The fourth-order valence-electron chi connectivity index (χ4n) is 1.35. The highest BCUT2D eigenvalue weighted by Crippen LogP contribution is 2.14. The average Bonchev–Trinajstić information content (AvgIpc) is 2.27. The van der Waals surface area contributed by atoms with E-state index in [1.807, 2.05) is 19.9 Å². The molecule has 1 rings (SSSR count). The first-order valence-electron chi connectivity index (χ1n) is 5.47. The molecule has 16 heavy (non-hydrogen) atoms. The van der Waals surface area contributed by atoms with E-state index in [2.05, 4.69) is 5.32 Å². The van der Waals surface area contributed by atoms with Gasteiger partial charge in [0.1, 0.15) is 0 Å². The van der Waals surface area contributed by atoms with Crippen LogP contribution in [-0.2, 0) is 9.84 Å². The summed E-state index contributed by atoms with van der Waals surface area (Å²) < 4.78 is 24.2. The lowest BCUT2D eigenvalue weighted by Crippen LogP contribution is -2.34. The molecule has 1 aromatic rings. The first kappa shape index (κ1) is 13.2. The van der Waals surface area contributed by atoms with Crippen LogP contribution >= 0.6 is 0 Å². The lowest BCUT2D eigenvalue weighted by Gasteiger charge is -2.15. The number of benzene rings is 1. The maximum Gasteiger partial charge on any atom is 0.182 e. The van der Waals surface area contributed by atoms with Crippen molar-refractivity contribution in [3.63, 3.8) is 0 Å². The van der Waals surface area contributed by atoms with Crippen LogP contribution in [0.2, 0.25) is 0 Å². The first-order chi connectivity index (χ1) is 7.44. The predicted octanol–water partition coefficient (Wildman–Crippen LogP) is 1.85. The maximum absolute atomic E-state index is 12.1. The zero-order valence-electron chi connectivity index (χ0n) is 9.97. The van der Waals surface area contributed by atoms with Crippen LogP contribution in [-0.4, -0.2) is 26.3 Å². The van der Waals surface area contributed by atoms with Gasteiger partial charge in [-0.3, -0.25) is 0 Å². The lowest BCUT2D eigenvalue weighted by atomic mass is 10.3. The van der Waals surface area contributed by atoms with Crippen molar-refractivity contribution in [2.75, 3.05) is 6.54 Å². The van der Waals surface area contributed by atoms with Crippen LogP contribution in [0.15, 0.2) is 35.2 Å². The van der Waals surface area contributed by atoms with E-state index in [9.17, 15) is 8.42 Å². The third kappa shape index (κ3) is 3.32. The Balaban J connectivity index is 2.79. The van der Waals surface area contributed by atoms with Crippen molar-refractivity contribution in [3.8, 4) is 0 Å². The predicted molar refractivity (Wildman–Crippen MR) is 66.2 cm³/mol. The summed E-state index contributed by atoms with van der Waals surface area (Å²) in [6, 6.07) is 8.89. The zero-order valence-corrected chi connectivity index (χ0v) is 10.8. The Kier molecular flexibility index (Phi) is 4.50. The van der Waals surface area contributed by atoms with Gasteiger partial charge in [-0.25, -0.2) is 8.42 Å². The van der Waals surface area contributed by atoms with Crippen LogP contribution in [0.4, 0.5) is 0 Å². The molecule has 0 aliphatic carbocycles. The van der Waals surface area contributed by atoms with Gasteiger partial charge in [0, 0.05) is 12.6 Å². The molecule has 0 spiro atoms. The molecule has 0 aliphatic heterocycles. The molecule has 4 heteroatoms. The Labute approximate surface area is 97.8 Å². The van der Waals surface area contributed by atoms with Gasteiger partial charge in [0.25, 0.3) is 0 Å². The molecule has 0 saturated carbocycles. The van der Waals surface area contributed by atoms with Crippen LogP contribution in [0.5, 0.6) is 0 Å². The van der Waals surface area contributed by atoms with Crippen molar-refractivity contribution < 1.29 is 8.42 Å². The fraction of sp³-hybridized carbons (Fsp3) is 0.500. The molecule has 0 saturated heterocycles. The molecule has 1 aromatic carbocycles. The van der Waals surface area contributed by atoms with Crippen molar-refractivity contribution in [3.05, 3.63) is 30.3 Å². The van der Waals surface area contributed by atoms with E-state index < -0.39 is 15.1 Å². The second-order valence-electron chi connectivity index (χ2n) is 4.23. The van der Waals surface area contributed by atoms with Gasteiger partial charge < -0.3 is 5.32 Å². The summed E-state index contributed by atoms with van der Waals surface area (Å²) in [5.74, 6) is 0. The molecular formula is C12H19NO2S. The van der Waals surface area contributed by atoms with Crippen molar-refractivity contribution in [2.24, 2.45) is 0 Å². The third-order valence-electron chi connectivity index (χ3n) is 2.42. The van der Waals surface area contributed by atoms with Crippen molar-refractivity contribution in [1.29, 1.82) is 0 Å². The molecule has 0 aromatic heterocycles. The second-order valence-corrected chi connectivity index (χ2v) is 6.60. The van der Waals surface area contributed by atoms with E-state index in [1.165, 1.54) is 0 Å². The zero-order chi connectivity index (χ0) is 12.2. The van der Waals surface area contributed by atoms with Crippen LogP contribution in [0.1, 0.15) is 20.8 Å². The Hall–Kier alpha value is -0.870. The minimum absolute atomic E-state index is 0.299. The lowest BCUT2D eigenvalue weighted by molar-refractivity contribution is 0.550. The Morgan fingerprint density at radius 3 is 2.19 bits per heavy atom. The van der Waals surface area contributed by atoms with Gasteiger partial charge >= 0.3 is 0 Å². The highest BCUT2D eigenvalue weighted by Gasteiger charge is 2.22. The highest BCUT2D eigenvalue weighted by atomic mass is 32.2. The summed E-state index contributed by atoms with van der Waals surface area (Å²) in [5, 5.41) is 2.74. The largest absolute Gasteiger partial charge is 0.313 e. The minimum Gasteiger partial charge on any atom is -0.313 e. The van der Waals surface area contributed by atoms with E-state index in [0.717, 1.165) is 0 Å². The van der Waals surface area contributed by atoms with Crippen molar-refractivity contribution in [1.82, 2.24) is 5.32 Å². The fourth-order valence-corrected chi connectivity index (χ4v) is 2.67. The molecule has 3 nitrogen and oxygen atoms in total. The summed E-state index contributed by atoms with van der Waals surface area (Å²) in [6.07, 6.45) is 0. The molecule has 0 bridgehead atoms. The number of rotatable bonds is 5. The van der Waals surface area contributed by atoms with E-state index in [-0.39, 0.29) is 0 Å². The van der Waals surface area contributed by atoms with Crippen LogP contribution in [0, 0.1) is 0 Å². The van der Waals surface area contributed by atoms with E-state index in [4.69, 9.17) is 0 Å². The smallest absolute Gasteiger partial charge is 0.182 e. The minimum atomic E-state index is -3.20. The van der Waals surface area contributed by atoms with Crippen LogP contribution < -0.4 is 5.32 Å². The Morgan fingerprint density at radius 2 is 1.69 bits per heavy atom. The second kappa shape index (κ2) is 5.46. The number of nitrogens with one attached hydrogen (secondary N) is 1. The molecular weight excluding hydrogens is 222 g/mol. The molecule has 0 fully saturated rings. The first-order valence-corrected chi connectivity index (χ1v) is 7.01. The molecule has 1 unspecified atom stereocenters. The summed E-state index contributed by atoms with van der Waals surface area (Å²) in [4.78, 5) is 0.396. The van der Waals surface area contributed by atoms with E-state index in [1.54, 1.807) is 31.2 Å². The van der Waals surface area contributed by atoms with E-state index >= 15 is 0 Å². The number of hydrogen-bond acceptors (Lipinski definition) is 3. The quantitative estimate of drug-likeness (QED) is 0.855. The molecule has 1 N–H and O–H groups in total. The van der Waals surface area contributed by atoms with Crippen molar-refractivity contribution >= 4 is 9.84 Å². The molecule has 0 aliphatic rings. The number of sulfone groups is 1. The standard InChI is InChI=1S/C12H19NO2S/c1-10(2)13-9-11(3)16(14,15)12-7-5-4-6-8-12/h4-8,10-11,13H,9H2,1-3H3. The average molecular weight is 241 g/mol. The van der Waals surface area contributed by atoms with Gasteiger partial charge in [-0.15, -0.1) is 0 Å². The van der Waals surface area contributed by atoms with Crippen molar-refractivity contribution in [2.45, 2.75) is 37.0 Å². The third-order valence-corrected chi connectivity index (χ3v) is 4.57. The highest BCUT2D eigenvalue weighted by molar-refractivity contribution is 7.92. The van der Waals surface area contributed by atoms with Crippen LogP contribution in [0.25, 0.3) is 0 Å². The molecule has 90 valence electrons. The van der Waals surface area contributed by atoms with Crippen LogP contribution in [0.3, 0.4) is 0 Å². The normalized spacial score (nSPS) is 14.0. The van der Waals surface area contributed by atoms with Gasteiger partial charge in [-0.2, -0.15) is 0 Å². The molecule has 0 heterocycles. The maximum atomic E-state index is 12.1. The molecule has 0 amide bonds. The molecule has 1 atom stereocenters. The SMILES string of the molecule is CC(C)NCC(C)S(=O)(=O)c1ccccc1. The van der Waals surface area contributed by atoms with Gasteiger partial charge in [-0.1, -0.05) is 32.0 Å². The van der Waals surface area contributed by atoms with Gasteiger partial charge in [0.15, 0.2) is 9.84 Å². The topological polar surface area (TPSA) is 46.2 Å². The number of hydrogen-bond donors (Lipinski definition) is 1. The summed E-state index contributed by atoms with van der Waals surface area (Å²) in [6.45, 7) is 6.22.